The van der Waals surface area contributed by atoms with Crippen molar-refractivity contribution in [2.75, 3.05) is 0 Å². The minimum atomic E-state index is 0. The van der Waals surface area contributed by atoms with E-state index in [4.69, 9.17) is 0 Å². The second-order valence-electron chi connectivity index (χ2n) is 9.30. The van der Waals surface area contributed by atoms with Crippen LogP contribution in [0.15, 0.2) is 90.0 Å². The van der Waals surface area contributed by atoms with Crippen LogP contribution in [0.25, 0.3) is 11.1 Å². The van der Waals surface area contributed by atoms with Crippen LogP contribution in [-0.4, -0.2) is 4.21 Å². The third-order valence-electron chi connectivity index (χ3n) is 5.88. The monoisotopic (exact) mass is 610 g/mol. The molecule has 5 rings (SSSR count). The minimum absolute atomic E-state index is 0. The molecule has 0 radical (unpaired) electrons. The van der Waals surface area contributed by atoms with Crippen LogP contribution >= 0.6 is 24.8 Å². The molecule has 0 aromatic heterocycles. The summed E-state index contributed by atoms with van der Waals surface area (Å²) in [5.41, 5.74) is 8.76. The molecule has 0 heterocycles. The van der Waals surface area contributed by atoms with E-state index in [1.54, 1.807) is 0 Å². The van der Waals surface area contributed by atoms with Crippen molar-refractivity contribution in [3.8, 4) is 11.1 Å². The first-order chi connectivity index (χ1) is 16.4. The van der Waals surface area contributed by atoms with Crippen molar-refractivity contribution in [3.63, 3.8) is 0 Å². The van der Waals surface area contributed by atoms with Crippen LogP contribution < -0.4 is 0 Å². The molecule has 0 nitrogen and oxygen atoms in total. The molecule has 0 N–H and O–H groups in total. The third-order valence-corrected chi connectivity index (χ3v) is 5.88. The average Bonchev–Trinajstić information content (AvgIpc) is 3.49. The molecule has 200 valence electrons. The van der Waals surface area contributed by atoms with Gasteiger partial charge in [-0.3, -0.25) is 6.08 Å². The van der Waals surface area contributed by atoms with Crippen molar-refractivity contribution in [2.24, 2.45) is 11.3 Å². The van der Waals surface area contributed by atoms with Crippen molar-refractivity contribution < 1.29 is 24.2 Å². The molecule has 0 amide bonds. The Morgan fingerprint density at radius 1 is 0.865 bits per heavy atom. The zero-order valence-corrected chi connectivity index (χ0v) is 27.3. The molecule has 1 unspecified atom stereocenters. The van der Waals surface area contributed by atoms with Gasteiger partial charge in [-0.1, -0.05) is 94.2 Å². The fourth-order valence-electron chi connectivity index (χ4n) is 4.20. The van der Waals surface area contributed by atoms with Crippen LogP contribution in [0, 0.1) is 37.0 Å². The Bertz CT molecular complexity index is 1010. The standard InChI is InChI=1S/C13H9.C13H21.C6H5.CH3.CH2.2ClH.Zr/c1-3-7-12-10(5-1)9-11-6-2-4-8-13(11)12;1-6-10-8-11(7-2)12(9-10)13(3,4)5;1-2-4-6-5-3-1;;;;;/h1-5,7-8H,9H2;9-10H,6-7H2,1-5H3;1-5H;1H3;1H2;2*1H;/q4*-1;;;;. The van der Waals surface area contributed by atoms with E-state index in [2.05, 4.69) is 99.5 Å². The topological polar surface area (TPSA) is 0 Å². The Kier molecular flexibility index (Phi) is 19.9. The molecule has 2 aliphatic carbocycles. The molecule has 1 atom stereocenters. The number of halogens is 2. The van der Waals surface area contributed by atoms with Gasteiger partial charge in [-0.15, -0.1) is 30.4 Å². The number of hydrogen-bond donors (Lipinski definition) is 0. The van der Waals surface area contributed by atoms with E-state index in [1.165, 1.54) is 64.1 Å². The second-order valence-corrected chi connectivity index (χ2v) is 9.30. The largest absolute Gasteiger partial charge is 0.358 e. The van der Waals surface area contributed by atoms with E-state index in [0.717, 1.165) is 12.8 Å². The zero-order valence-electron chi connectivity index (χ0n) is 23.2. The summed E-state index contributed by atoms with van der Waals surface area (Å²) >= 11 is 1.30. The number of hydrogen-bond acceptors (Lipinski definition) is 0. The van der Waals surface area contributed by atoms with Gasteiger partial charge in [-0.05, 0) is 6.42 Å². The predicted molar refractivity (Wildman–Crippen MR) is 165 cm³/mol. The molecular weight excluding hydrogens is 571 g/mol. The summed E-state index contributed by atoms with van der Waals surface area (Å²) in [5, 5.41) is 0. The smallest absolute Gasteiger partial charge is 0.0253 e. The van der Waals surface area contributed by atoms with E-state index in [1.807, 2.05) is 36.4 Å². The van der Waals surface area contributed by atoms with Crippen molar-refractivity contribution in [2.45, 2.75) is 53.9 Å². The minimum Gasteiger partial charge on any atom is -0.358 e. The Hall–Kier alpha value is -1.53. The summed E-state index contributed by atoms with van der Waals surface area (Å²) in [7, 11) is 0. The van der Waals surface area contributed by atoms with Gasteiger partial charge in [0.15, 0.2) is 0 Å². The van der Waals surface area contributed by atoms with Gasteiger partial charge in [0.1, 0.15) is 0 Å². The Morgan fingerprint density at radius 2 is 1.49 bits per heavy atom. The Balaban J connectivity index is 0. The van der Waals surface area contributed by atoms with Gasteiger partial charge < -0.3 is 7.43 Å². The van der Waals surface area contributed by atoms with Gasteiger partial charge in [0, 0.05) is 0 Å². The van der Waals surface area contributed by atoms with Crippen molar-refractivity contribution in [1.29, 1.82) is 0 Å². The first-order valence-electron chi connectivity index (χ1n) is 12.1. The van der Waals surface area contributed by atoms with Crippen molar-refractivity contribution in [1.82, 2.24) is 0 Å². The van der Waals surface area contributed by atoms with Gasteiger partial charge in [-0.2, -0.15) is 77.9 Å². The average molecular weight is 613 g/mol. The van der Waals surface area contributed by atoms with Crippen LogP contribution in [0.1, 0.15) is 58.6 Å². The van der Waals surface area contributed by atoms with E-state index in [9.17, 15) is 0 Å². The first kappa shape index (κ1) is 37.6. The number of allylic oxidation sites excluding steroid dienone is 4. The molecule has 2 aliphatic rings. The summed E-state index contributed by atoms with van der Waals surface area (Å²) in [4.78, 5) is 0. The molecule has 0 aliphatic heterocycles. The molecule has 0 fully saturated rings. The van der Waals surface area contributed by atoms with Crippen molar-refractivity contribution >= 4 is 29.0 Å². The molecule has 37 heavy (non-hydrogen) atoms. The van der Waals surface area contributed by atoms with Crippen LogP contribution in [-0.2, 0) is 30.7 Å². The molecule has 0 saturated carbocycles. The van der Waals surface area contributed by atoms with Gasteiger partial charge >= 0.3 is 28.4 Å². The number of benzene rings is 3. The maximum Gasteiger partial charge on any atom is -0.0253 e. The SMILES string of the molecule is CCC1=[C-]C(CC)C=C1C(C)(C)C.Cl.Cl.[CH2]=[Zr].[CH3-].[c-]1cccc2c1Cc1ccccc1-2.[c-]1ccccc1. The van der Waals surface area contributed by atoms with Crippen LogP contribution in [0.3, 0.4) is 0 Å². The molecule has 3 heteroatoms. The summed E-state index contributed by atoms with van der Waals surface area (Å²) in [5.74, 6) is 0.573. The van der Waals surface area contributed by atoms with E-state index >= 15 is 0 Å². The Morgan fingerprint density at radius 3 is 1.97 bits per heavy atom. The summed E-state index contributed by atoms with van der Waals surface area (Å²) in [6.07, 6.45) is 9.33. The third kappa shape index (κ3) is 11.4. The molecular formula is C34H42Cl2Zr-4. The van der Waals surface area contributed by atoms with Crippen LogP contribution in [0.2, 0.25) is 0 Å². The summed E-state index contributed by atoms with van der Waals surface area (Å²) in [6, 6.07) is 30.6. The van der Waals surface area contributed by atoms with Crippen LogP contribution in [0.5, 0.6) is 0 Å². The number of fused-ring (bicyclic) bond motifs is 3. The molecule has 3 aromatic rings. The van der Waals surface area contributed by atoms with E-state index in [-0.39, 0.29) is 32.2 Å². The second kappa shape index (κ2) is 19.5. The maximum absolute atomic E-state index is 3.57. The quantitative estimate of drug-likeness (QED) is 0.198. The van der Waals surface area contributed by atoms with Gasteiger partial charge in [0.2, 0.25) is 0 Å². The summed E-state index contributed by atoms with van der Waals surface area (Å²) in [6.45, 7) is 11.3. The number of rotatable bonds is 2. The fourth-order valence-corrected chi connectivity index (χ4v) is 4.20. The summed E-state index contributed by atoms with van der Waals surface area (Å²) < 4.78 is 3.34. The first-order valence-corrected chi connectivity index (χ1v) is 13.9. The van der Waals surface area contributed by atoms with E-state index in [0.29, 0.717) is 11.3 Å². The Labute approximate surface area is 254 Å². The van der Waals surface area contributed by atoms with Crippen molar-refractivity contribution in [3.05, 3.63) is 127 Å². The normalized spacial score (nSPS) is 13.8. The van der Waals surface area contributed by atoms with Gasteiger partial charge in [0.05, 0.1) is 0 Å². The zero-order chi connectivity index (χ0) is 25.0. The predicted octanol–water partition coefficient (Wildman–Crippen LogP) is 9.94. The van der Waals surface area contributed by atoms with Gasteiger partial charge in [0.25, 0.3) is 0 Å². The van der Waals surface area contributed by atoms with Crippen LogP contribution in [0.4, 0.5) is 0 Å². The fraction of sp³-hybridized carbons (Fsp3) is 0.294. The van der Waals surface area contributed by atoms with Gasteiger partial charge in [-0.25, -0.2) is 5.57 Å². The molecule has 3 aromatic carbocycles. The maximum atomic E-state index is 3.57. The molecule has 0 spiro atoms. The molecule has 0 saturated heterocycles. The van der Waals surface area contributed by atoms with E-state index < -0.39 is 0 Å². The molecule has 0 bridgehead atoms.